The van der Waals surface area contributed by atoms with Gasteiger partial charge in [0.2, 0.25) is 0 Å². The fraction of sp³-hybridized carbons (Fsp3) is 0.600. The molecule has 2 bridgehead atoms. The summed E-state index contributed by atoms with van der Waals surface area (Å²) in [7, 11) is 0. The second-order valence-electron chi connectivity index (χ2n) is 5.54. The molecule has 1 N–H and O–H groups in total. The van der Waals surface area contributed by atoms with Crippen LogP contribution in [0.1, 0.15) is 31.4 Å². The minimum absolute atomic E-state index is 0. The van der Waals surface area contributed by atoms with E-state index in [1.54, 1.807) is 0 Å². The van der Waals surface area contributed by atoms with Crippen molar-refractivity contribution in [1.82, 2.24) is 10.2 Å². The Labute approximate surface area is 116 Å². The first-order valence-corrected chi connectivity index (χ1v) is 6.86. The first kappa shape index (κ1) is 13.9. The third kappa shape index (κ3) is 2.87. The third-order valence-electron chi connectivity index (χ3n) is 4.42. The standard InChI is InChI=1S/C15H22N2.ClH/c1-12(13-5-3-2-4-6-13)16-15-11-17-9-7-14(15)8-10-17;/h2-6,12,14-16H,7-11H2,1H3;1H/t12-,15-;/m0./s1. The Morgan fingerprint density at radius 1 is 1.17 bits per heavy atom. The van der Waals surface area contributed by atoms with Crippen molar-refractivity contribution >= 4 is 12.4 Å². The van der Waals surface area contributed by atoms with Crippen LogP contribution in [0.5, 0.6) is 0 Å². The van der Waals surface area contributed by atoms with Crippen LogP contribution >= 0.6 is 12.4 Å². The SMILES string of the molecule is C[C@H](N[C@H]1CN2CCC1CC2)c1ccccc1.Cl. The number of nitrogens with zero attached hydrogens (tertiary/aromatic N) is 1. The number of hydrogen-bond donors (Lipinski definition) is 1. The normalized spacial score (nSPS) is 31.7. The first-order valence-electron chi connectivity index (χ1n) is 6.86. The van der Waals surface area contributed by atoms with Crippen molar-refractivity contribution < 1.29 is 0 Å². The van der Waals surface area contributed by atoms with Gasteiger partial charge in [-0.2, -0.15) is 0 Å². The molecule has 1 aromatic carbocycles. The lowest BCUT2D eigenvalue weighted by Crippen LogP contribution is -2.56. The average Bonchev–Trinajstić information content (AvgIpc) is 2.41. The smallest absolute Gasteiger partial charge is 0.0294 e. The highest BCUT2D eigenvalue weighted by atomic mass is 35.5. The number of benzene rings is 1. The summed E-state index contributed by atoms with van der Waals surface area (Å²) in [6.07, 6.45) is 2.78. The average molecular weight is 267 g/mol. The molecule has 0 unspecified atom stereocenters. The third-order valence-corrected chi connectivity index (χ3v) is 4.42. The molecule has 4 rings (SSSR count). The second kappa shape index (κ2) is 6.05. The Kier molecular flexibility index (Phi) is 4.66. The molecular weight excluding hydrogens is 244 g/mol. The molecule has 3 heterocycles. The molecule has 2 atom stereocenters. The number of hydrogen-bond acceptors (Lipinski definition) is 2. The maximum absolute atomic E-state index is 3.82. The van der Waals surface area contributed by atoms with Crippen molar-refractivity contribution in [2.24, 2.45) is 5.92 Å². The van der Waals surface area contributed by atoms with Gasteiger partial charge in [0.1, 0.15) is 0 Å². The zero-order chi connectivity index (χ0) is 11.7. The number of nitrogens with one attached hydrogen (secondary N) is 1. The van der Waals surface area contributed by atoms with Gasteiger partial charge in [-0.05, 0) is 44.3 Å². The van der Waals surface area contributed by atoms with Crippen LogP contribution in [0.25, 0.3) is 0 Å². The Hall–Kier alpha value is -0.570. The summed E-state index contributed by atoms with van der Waals surface area (Å²) in [5.41, 5.74) is 1.41. The molecule has 100 valence electrons. The molecule has 3 aliphatic rings. The Bertz CT molecular complexity index is 360. The van der Waals surface area contributed by atoms with Gasteiger partial charge in [0, 0.05) is 18.6 Å². The van der Waals surface area contributed by atoms with Crippen LogP contribution in [-0.4, -0.2) is 30.6 Å². The Balaban J connectivity index is 0.00000120. The molecule has 0 radical (unpaired) electrons. The van der Waals surface area contributed by atoms with Gasteiger partial charge in [-0.1, -0.05) is 30.3 Å². The van der Waals surface area contributed by atoms with Gasteiger partial charge in [0.25, 0.3) is 0 Å². The number of fused-ring (bicyclic) bond motifs is 3. The van der Waals surface area contributed by atoms with Gasteiger partial charge in [0.05, 0.1) is 0 Å². The van der Waals surface area contributed by atoms with Gasteiger partial charge < -0.3 is 10.2 Å². The molecule has 0 aliphatic carbocycles. The molecule has 0 aromatic heterocycles. The van der Waals surface area contributed by atoms with Crippen molar-refractivity contribution in [3.05, 3.63) is 35.9 Å². The summed E-state index contributed by atoms with van der Waals surface area (Å²) < 4.78 is 0. The van der Waals surface area contributed by atoms with Gasteiger partial charge in [-0.25, -0.2) is 0 Å². The molecule has 3 heteroatoms. The molecule has 0 amide bonds. The van der Waals surface area contributed by atoms with E-state index in [2.05, 4.69) is 47.5 Å². The molecule has 3 saturated heterocycles. The topological polar surface area (TPSA) is 15.3 Å². The zero-order valence-corrected chi connectivity index (χ0v) is 11.8. The monoisotopic (exact) mass is 266 g/mol. The van der Waals surface area contributed by atoms with Gasteiger partial charge in [0.15, 0.2) is 0 Å². The molecule has 2 nitrogen and oxygen atoms in total. The van der Waals surface area contributed by atoms with Crippen molar-refractivity contribution in [2.75, 3.05) is 19.6 Å². The van der Waals surface area contributed by atoms with E-state index in [0.29, 0.717) is 12.1 Å². The van der Waals surface area contributed by atoms with E-state index >= 15 is 0 Å². The summed E-state index contributed by atoms with van der Waals surface area (Å²) in [5.74, 6) is 0.908. The lowest BCUT2D eigenvalue weighted by molar-refractivity contribution is 0.0680. The minimum atomic E-state index is 0. The summed E-state index contributed by atoms with van der Waals surface area (Å²) in [4.78, 5) is 2.61. The summed E-state index contributed by atoms with van der Waals surface area (Å²) in [6.45, 7) is 6.18. The van der Waals surface area contributed by atoms with E-state index in [1.165, 1.54) is 38.0 Å². The summed E-state index contributed by atoms with van der Waals surface area (Å²) in [5, 5.41) is 3.82. The van der Waals surface area contributed by atoms with E-state index in [4.69, 9.17) is 0 Å². The first-order chi connectivity index (χ1) is 8.33. The van der Waals surface area contributed by atoms with Crippen LogP contribution in [0.2, 0.25) is 0 Å². The number of halogens is 1. The fourth-order valence-corrected chi connectivity index (χ4v) is 3.31. The molecular formula is C15H23ClN2. The van der Waals surface area contributed by atoms with E-state index in [-0.39, 0.29) is 12.4 Å². The lowest BCUT2D eigenvalue weighted by Gasteiger charge is -2.46. The van der Waals surface area contributed by atoms with Crippen LogP contribution in [0.15, 0.2) is 30.3 Å². The Morgan fingerprint density at radius 3 is 2.39 bits per heavy atom. The van der Waals surface area contributed by atoms with Crippen molar-refractivity contribution in [2.45, 2.75) is 31.8 Å². The number of rotatable bonds is 3. The van der Waals surface area contributed by atoms with Gasteiger partial charge >= 0.3 is 0 Å². The van der Waals surface area contributed by atoms with Crippen LogP contribution < -0.4 is 5.32 Å². The quantitative estimate of drug-likeness (QED) is 0.905. The van der Waals surface area contributed by atoms with Crippen LogP contribution in [0.4, 0.5) is 0 Å². The predicted octanol–water partition coefficient (Wildman–Crippen LogP) is 2.85. The van der Waals surface area contributed by atoms with Gasteiger partial charge in [-0.15, -0.1) is 12.4 Å². The van der Waals surface area contributed by atoms with E-state index in [9.17, 15) is 0 Å². The lowest BCUT2D eigenvalue weighted by atomic mass is 9.83. The second-order valence-corrected chi connectivity index (χ2v) is 5.54. The molecule has 3 fully saturated rings. The van der Waals surface area contributed by atoms with Gasteiger partial charge in [-0.3, -0.25) is 0 Å². The maximum atomic E-state index is 3.82. The largest absolute Gasteiger partial charge is 0.306 e. The fourth-order valence-electron chi connectivity index (χ4n) is 3.31. The maximum Gasteiger partial charge on any atom is 0.0294 e. The van der Waals surface area contributed by atoms with Crippen molar-refractivity contribution in [3.8, 4) is 0 Å². The molecule has 18 heavy (non-hydrogen) atoms. The number of piperidine rings is 3. The zero-order valence-electron chi connectivity index (χ0n) is 11.0. The molecule has 1 aromatic rings. The van der Waals surface area contributed by atoms with E-state index < -0.39 is 0 Å². The van der Waals surface area contributed by atoms with E-state index in [0.717, 1.165) is 5.92 Å². The summed E-state index contributed by atoms with van der Waals surface area (Å²) in [6, 6.07) is 12.0. The molecule has 3 aliphatic heterocycles. The highest BCUT2D eigenvalue weighted by molar-refractivity contribution is 5.85. The van der Waals surface area contributed by atoms with Crippen LogP contribution in [0.3, 0.4) is 0 Å². The highest BCUT2D eigenvalue weighted by Crippen LogP contribution is 2.29. The molecule has 0 spiro atoms. The molecule has 0 saturated carbocycles. The highest BCUT2D eigenvalue weighted by Gasteiger charge is 2.34. The summed E-state index contributed by atoms with van der Waals surface area (Å²) >= 11 is 0. The van der Waals surface area contributed by atoms with Crippen molar-refractivity contribution in [1.29, 1.82) is 0 Å². The predicted molar refractivity (Wildman–Crippen MR) is 78.2 cm³/mol. The van der Waals surface area contributed by atoms with Crippen LogP contribution in [-0.2, 0) is 0 Å². The van der Waals surface area contributed by atoms with Crippen LogP contribution in [0, 0.1) is 5.92 Å². The van der Waals surface area contributed by atoms with E-state index in [1.807, 2.05) is 0 Å². The minimum Gasteiger partial charge on any atom is -0.306 e. The van der Waals surface area contributed by atoms with Crippen molar-refractivity contribution in [3.63, 3.8) is 0 Å². The Morgan fingerprint density at radius 2 is 1.83 bits per heavy atom.